The SMILES string of the molecule is CCOc1cccc2[nH]cc(CC(=O)NCCNC(=O)OC)c12. The number of H-pyrrole nitrogens is 1. The number of alkyl carbamates (subject to hydrolysis) is 1. The number of fused-ring (bicyclic) bond motifs is 1. The fraction of sp³-hybridized carbons (Fsp3) is 0.375. The van der Waals surface area contributed by atoms with Crippen LogP contribution in [0.3, 0.4) is 0 Å². The van der Waals surface area contributed by atoms with E-state index in [4.69, 9.17) is 4.74 Å². The number of aromatic amines is 1. The van der Waals surface area contributed by atoms with Gasteiger partial charge in [-0.25, -0.2) is 4.79 Å². The molecule has 0 spiro atoms. The van der Waals surface area contributed by atoms with E-state index in [1.54, 1.807) is 0 Å². The van der Waals surface area contributed by atoms with Gasteiger partial charge in [-0.3, -0.25) is 4.79 Å². The van der Waals surface area contributed by atoms with Crippen LogP contribution in [-0.2, 0) is 16.0 Å². The molecule has 0 atom stereocenters. The Balaban J connectivity index is 1.96. The molecule has 0 saturated heterocycles. The van der Waals surface area contributed by atoms with Crippen LogP contribution in [0.15, 0.2) is 24.4 Å². The van der Waals surface area contributed by atoms with Gasteiger partial charge in [0, 0.05) is 30.2 Å². The second kappa shape index (κ2) is 8.07. The Morgan fingerprint density at radius 1 is 1.22 bits per heavy atom. The lowest BCUT2D eigenvalue weighted by atomic mass is 10.1. The topological polar surface area (TPSA) is 92.5 Å². The number of nitrogens with one attached hydrogen (secondary N) is 3. The molecule has 0 unspecified atom stereocenters. The average molecular weight is 319 g/mol. The number of carbonyl (C=O) groups is 2. The minimum atomic E-state index is -0.516. The van der Waals surface area contributed by atoms with Gasteiger partial charge in [0.2, 0.25) is 5.91 Å². The highest BCUT2D eigenvalue weighted by Crippen LogP contribution is 2.29. The highest BCUT2D eigenvalue weighted by Gasteiger charge is 2.12. The maximum Gasteiger partial charge on any atom is 0.406 e. The molecule has 0 aliphatic rings. The third kappa shape index (κ3) is 4.38. The van der Waals surface area contributed by atoms with E-state index in [9.17, 15) is 9.59 Å². The molecule has 7 nitrogen and oxygen atoms in total. The molecule has 1 heterocycles. The van der Waals surface area contributed by atoms with Crippen molar-refractivity contribution in [3.05, 3.63) is 30.0 Å². The Hall–Kier alpha value is -2.70. The van der Waals surface area contributed by atoms with Crippen LogP contribution in [0.4, 0.5) is 4.79 Å². The Bertz CT molecular complexity index is 681. The fourth-order valence-electron chi connectivity index (χ4n) is 2.31. The van der Waals surface area contributed by atoms with Gasteiger partial charge in [0.15, 0.2) is 0 Å². The zero-order chi connectivity index (χ0) is 16.7. The lowest BCUT2D eigenvalue weighted by Crippen LogP contribution is -2.35. The highest BCUT2D eigenvalue weighted by molar-refractivity contribution is 5.93. The zero-order valence-corrected chi connectivity index (χ0v) is 13.3. The molecule has 0 aliphatic heterocycles. The summed E-state index contributed by atoms with van der Waals surface area (Å²) < 4.78 is 10.1. The van der Waals surface area contributed by atoms with Crippen molar-refractivity contribution in [1.82, 2.24) is 15.6 Å². The first-order valence-corrected chi connectivity index (χ1v) is 7.46. The van der Waals surface area contributed by atoms with Crippen molar-refractivity contribution in [3.8, 4) is 5.75 Å². The van der Waals surface area contributed by atoms with Gasteiger partial charge in [0.05, 0.1) is 20.1 Å². The summed E-state index contributed by atoms with van der Waals surface area (Å²) in [5.74, 6) is 0.644. The number of rotatable bonds is 7. The van der Waals surface area contributed by atoms with Crippen LogP contribution in [-0.4, -0.2) is 43.8 Å². The van der Waals surface area contributed by atoms with Crippen LogP contribution < -0.4 is 15.4 Å². The number of amides is 2. The van der Waals surface area contributed by atoms with E-state index in [1.165, 1.54) is 7.11 Å². The fourth-order valence-corrected chi connectivity index (χ4v) is 2.31. The molecule has 0 saturated carbocycles. The summed E-state index contributed by atoms with van der Waals surface area (Å²) in [6.45, 7) is 3.15. The Kier molecular flexibility index (Phi) is 5.85. The van der Waals surface area contributed by atoms with E-state index < -0.39 is 6.09 Å². The van der Waals surface area contributed by atoms with E-state index in [0.717, 1.165) is 22.2 Å². The second-order valence-corrected chi connectivity index (χ2v) is 4.87. The average Bonchev–Trinajstić information content (AvgIpc) is 2.95. The first-order chi connectivity index (χ1) is 11.2. The van der Waals surface area contributed by atoms with E-state index >= 15 is 0 Å². The van der Waals surface area contributed by atoms with Crippen molar-refractivity contribution >= 4 is 22.9 Å². The quantitative estimate of drug-likeness (QED) is 0.676. The van der Waals surface area contributed by atoms with E-state index in [0.29, 0.717) is 19.7 Å². The summed E-state index contributed by atoms with van der Waals surface area (Å²) in [7, 11) is 1.29. The smallest absolute Gasteiger partial charge is 0.406 e. The van der Waals surface area contributed by atoms with Gasteiger partial charge in [-0.15, -0.1) is 0 Å². The summed E-state index contributed by atoms with van der Waals surface area (Å²) in [6.07, 6.45) is 1.54. The van der Waals surface area contributed by atoms with E-state index in [1.807, 2.05) is 31.3 Å². The molecule has 0 aliphatic carbocycles. The van der Waals surface area contributed by atoms with Crippen LogP contribution in [0.25, 0.3) is 10.9 Å². The van der Waals surface area contributed by atoms with Gasteiger partial charge in [-0.2, -0.15) is 0 Å². The summed E-state index contributed by atoms with van der Waals surface area (Å²) in [5.41, 5.74) is 1.81. The first kappa shape index (κ1) is 16.7. The molecule has 0 bridgehead atoms. The Morgan fingerprint density at radius 2 is 2.00 bits per heavy atom. The summed E-state index contributed by atoms with van der Waals surface area (Å²) in [5, 5.41) is 6.18. The molecule has 23 heavy (non-hydrogen) atoms. The van der Waals surface area contributed by atoms with Crippen molar-refractivity contribution < 1.29 is 19.1 Å². The van der Waals surface area contributed by atoms with Crippen molar-refractivity contribution in [3.63, 3.8) is 0 Å². The molecule has 1 aromatic carbocycles. The molecule has 124 valence electrons. The number of benzene rings is 1. The number of aromatic nitrogens is 1. The van der Waals surface area contributed by atoms with Gasteiger partial charge in [0.1, 0.15) is 5.75 Å². The largest absolute Gasteiger partial charge is 0.493 e. The molecule has 1 aromatic heterocycles. The third-order valence-corrected chi connectivity index (χ3v) is 3.30. The predicted octanol–water partition coefficient (Wildman–Crippen LogP) is 1.58. The van der Waals surface area contributed by atoms with E-state index in [-0.39, 0.29) is 12.3 Å². The normalized spacial score (nSPS) is 10.3. The van der Waals surface area contributed by atoms with E-state index in [2.05, 4.69) is 20.4 Å². The van der Waals surface area contributed by atoms with Gasteiger partial charge in [0.25, 0.3) is 0 Å². The van der Waals surface area contributed by atoms with Gasteiger partial charge >= 0.3 is 6.09 Å². The van der Waals surface area contributed by atoms with Crippen molar-refractivity contribution in [2.45, 2.75) is 13.3 Å². The number of hydrogen-bond acceptors (Lipinski definition) is 4. The summed E-state index contributed by atoms with van der Waals surface area (Å²) >= 11 is 0. The molecular formula is C16H21N3O4. The molecule has 0 radical (unpaired) electrons. The molecule has 2 amide bonds. The Morgan fingerprint density at radius 3 is 2.74 bits per heavy atom. The Labute approximate surface area is 134 Å². The van der Waals surface area contributed by atoms with Crippen LogP contribution in [0.5, 0.6) is 5.75 Å². The minimum absolute atomic E-state index is 0.121. The van der Waals surface area contributed by atoms with Crippen molar-refractivity contribution in [2.75, 3.05) is 26.8 Å². The van der Waals surface area contributed by atoms with Crippen molar-refractivity contribution in [2.24, 2.45) is 0 Å². The van der Waals surface area contributed by atoms with Gasteiger partial charge < -0.3 is 25.1 Å². The molecule has 7 heteroatoms. The lowest BCUT2D eigenvalue weighted by molar-refractivity contribution is -0.120. The van der Waals surface area contributed by atoms with Crippen LogP contribution >= 0.6 is 0 Å². The molecule has 0 fully saturated rings. The monoisotopic (exact) mass is 319 g/mol. The standard InChI is InChI=1S/C16H21N3O4/c1-3-23-13-6-4-5-12-15(13)11(10-19-12)9-14(20)17-7-8-18-16(21)22-2/h4-6,10,19H,3,7-9H2,1-2H3,(H,17,20)(H,18,21). The van der Waals surface area contributed by atoms with Crippen LogP contribution in [0.1, 0.15) is 12.5 Å². The predicted molar refractivity (Wildman–Crippen MR) is 86.6 cm³/mol. The summed E-state index contributed by atoms with van der Waals surface area (Å²) in [6, 6.07) is 5.74. The third-order valence-electron chi connectivity index (χ3n) is 3.30. The maximum absolute atomic E-state index is 12.0. The van der Waals surface area contributed by atoms with Gasteiger partial charge in [-0.1, -0.05) is 6.07 Å². The van der Waals surface area contributed by atoms with Gasteiger partial charge in [-0.05, 0) is 24.6 Å². The zero-order valence-electron chi connectivity index (χ0n) is 13.3. The highest BCUT2D eigenvalue weighted by atomic mass is 16.5. The van der Waals surface area contributed by atoms with Crippen LogP contribution in [0, 0.1) is 0 Å². The summed E-state index contributed by atoms with van der Waals surface area (Å²) in [4.78, 5) is 26.1. The van der Waals surface area contributed by atoms with Crippen LogP contribution in [0.2, 0.25) is 0 Å². The number of methoxy groups -OCH3 is 1. The molecule has 2 rings (SSSR count). The maximum atomic E-state index is 12.0. The first-order valence-electron chi connectivity index (χ1n) is 7.46. The second-order valence-electron chi connectivity index (χ2n) is 4.87. The number of carbonyl (C=O) groups excluding carboxylic acids is 2. The van der Waals surface area contributed by atoms with Crippen molar-refractivity contribution in [1.29, 1.82) is 0 Å². The minimum Gasteiger partial charge on any atom is -0.493 e. The molecular weight excluding hydrogens is 298 g/mol. The number of ether oxygens (including phenoxy) is 2. The lowest BCUT2D eigenvalue weighted by Gasteiger charge is -2.08. The molecule has 3 N–H and O–H groups in total. The molecule has 2 aromatic rings. The number of hydrogen-bond donors (Lipinski definition) is 3.